The summed E-state index contributed by atoms with van der Waals surface area (Å²) in [7, 11) is 0. The fraction of sp³-hybridized carbons (Fsp3) is 0.273. The first-order valence-electron chi connectivity index (χ1n) is 9.33. The standard InChI is InChI=1S/C22H20F3N3/c1-3-4-11-28-21-20(14(2)27-28)18(22(23,24)25)13-19(26-21)17-10-9-15-7-5-6-8-16(15)12-17/h5-10,12-13H,3-4,11H2,1-2H3. The SMILES string of the molecule is CCCCn1nc(C)c2c(C(F)(F)F)cc(-c3ccc4ccccc4c3)nc21. The summed E-state index contributed by atoms with van der Waals surface area (Å²) >= 11 is 0. The van der Waals surface area contributed by atoms with Crippen molar-refractivity contribution in [1.82, 2.24) is 14.8 Å². The van der Waals surface area contributed by atoms with Gasteiger partial charge in [-0.1, -0.05) is 49.7 Å². The van der Waals surface area contributed by atoms with Crippen LogP contribution >= 0.6 is 0 Å². The predicted octanol–water partition coefficient (Wildman–Crippen LogP) is 6.38. The van der Waals surface area contributed by atoms with Crippen LogP contribution < -0.4 is 0 Å². The van der Waals surface area contributed by atoms with Gasteiger partial charge < -0.3 is 0 Å². The summed E-state index contributed by atoms with van der Waals surface area (Å²) in [4.78, 5) is 4.60. The summed E-state index contributed by atoms with van der Waals surface area (Å²) in [5.74, 6) is 0. The van der Waals surface area contributed by atoms with Crippen LogP contribution in [0.25, 0.3) is 33.1 Å². The number of fused-ring (bicyclic) bond motifs is 2. The van der Waals surface area contributed by atoms with Crippen LogP contribution in [0.15, 0.2) is 48.5 Å². The maximum Gasteiger partial charge on any atom is 0.417 e. The van der Waals surface area contributed by atoms with Crippen molar-refractivity contribution in [3.05, 3.63) is 59.8 Å². The molecular weight excluding hydrogens is 363 g/mol. The first kappa shape index (κ1) is 18.5. The molecule has 4 rings (SSSR count). The van der Waals surface area contributed by atoms with E-state index in [4.69, 9.17) is 0 Å². The minimum Gasteiger partial charge on any atom is -0.247 e. The molecule has 0 unspecified atom stereocenters. The maximum atomic E-state index is 13.8. The molecule has 4 aromatic rings. The van der Waals surface area contributed by atoms with Crippen molar-refractivity contribution in [3.63, 3.8) is 0 Å². The number of pyridine rings is 1. The molecule has 2 aromatic heterocycles. The van der Waals surface area contributed by atoms with Crippen LogP contribution in [-0.4, -0.2) is 14.8 Å². The van der Waals surface area contributed by atoms with Crippen LogP contribution in [0.2, 0.25) is 0 Å². The van der Waals surface area contributed by atoms with E-state index in [0.29, 0.717) is 29.1 Å². The van der Waals surface area contributed by atoms with Crippen LogP contribution in [0.3, 0.4) is 0 Å². The minimum absolute atomic E-state index is 0.0909. The van der Waals surface area contributed by atoms with E-state index in [2.05, 4.69) is 10.1 Å². The van der Waals surface area contributed by atoms with Crippen molar-refractivity contribution >= 4 is 21.8 Å². The molecule has 0 bridgehead atoms. The van der Waals surface area contributed by atoms with E-state index in [0.717, 1.165) is 29.7 Å². The zero-order valence-electron chi connectivity index (χ0n) is 15.7. The number of hydrogen-bond donors (Lipinski definition) is 0. The van der Waals surface area contributed by atoms with Gasteiger partial charge in [-0.05, 0) is 36.2 Å². The van der Waals surface area contributed by atoms with E-state index in [1.54, 1.807) is 11.6 Å². The Kier molecular flexibility index (Phi) is 4.57. The van der Waals surface area contributed by atoms with Crippen LogP contribution in [0.5, 0.6) is 0 Å². The van der Waals surface area contributed by atoms with Gasteiger partial charge in [0.1, 0.15) is 0 Å². The number of rotatable bonds is 4. The second kappa shape index (κ2) is 6.93. The topological polar surface area (TPSA) is 30.7 Å². The maximum absolute atomic E-state index is 13.8. The number of benzene rings is 2. The molecule has 0 aliphatic carbocycles. The van der Waals surface area contributed by atoms with E-state index < -0.39 is 11.7 Å². The van der Waals surface area contributed by atoms with Gasteiger partial charge in [0, 0.05) is 12.1 Å². The largest absolute Gasteiger partial charge is 0.417 e. The summed E-state index contributed by atoms with van der Waals surface area (Å²) in [6.07, 6.45) is -2.72. The van der Waals surface area contributed by atoms with Crippen LogP contribution in [0, 0.1) is 6.92 Å². The van der Waals surface area contributed by atoms with E-state index in [-0.39, 0.29) is 5.39 Å². The van der Waals surface area contributed by atoms with Crippen molar-refractivity contribution in [2.75, 3.05) is 0 Å². The highest BCUT2D eigenvalue weighted by Gasteiger charge is 2.35. The average molecular weight is 383 g/mol. The third-order valence-electron chi connectivity index (χ3n) is 4.95. The van der Waals surface area contributed by atoms with Gasteiger partial charge >= 0.3 is 6.18 Å². The third kappa shape index (κ3) is 3.23. The Labute approximate surface area is 160 Å². The molecule has 2 aromatic carbocycles. The molecule has 3 nitrogen and oxygen atoms in total. The second-order valence-electron chi connectivity index (χ2n) is 6.98. The van der Waals surface area contributed by atoms with Crippen molar-refractivity contribution in [1.29, 1.82) is 0 Å². The fourth-order valence-corrected chi connectivity index (χ4v) is 3.54. The molecule has 0 fully saturated rings. The van der Waals surface area contributed by atoms with Gasteiger partial charge in [0.2, 0.25) is 0 Å². The summed E-state index contributed by atoms with van der Waals surface area (Å²) in [5.41, 5.74) is 0.941. The zero-order chi connectivity index (χ0) is 19.9. The lowest BCUT2D eigenvalue weighted by Gasteiger charge is -2.12. The lowest BCUT2D eigenvalue weighted by Crippen LogP contribution is -2.08. The van der Waals surface area contributed by atoms with Gasteiger partial charge in [-0.15, -0.1) is 0 Å². The molecule has 0 radical (unpaired) electrons. The molecule has 28 heavy (non-hydrogen) atoms. The Morgan fingerprint density at radius 1 is 1.00 bits per heavy atom. The second-order valence-corrected chi connectivity index (χ2v) is 6.98. The van der Waals surface area contributed by atoms with Crippen LogP contribution in [0.4, 0.5) is 13.2 Å². The van der Waals surface area contributed by atoms with Crippen molar-refractivity contribution in [3.8, 4) is 11.3 Å². The monoisotopic (exact) mass is 383 g/mol. The number of halogens is 3. The van der Waals surface area contributed by atoms with Gasteiger partial charge in [0.15, 0.2) is 5.65 Å². The van der Waals surface area contributed by atoms with Gasteiger partial charge in [0.25, 0.3) is 0 Å². The number of alkyl halides is 3. The predicted molar refractivity (Wildman–Crippen MR) is 105 cm³/mol. The Balaban J connectivity index is 1.97. The number of aryl methyl sites for hydroxylation is 2. The highest BCUT2D eigenvalue weighted by molar-refractivity contribution is 5.89. The molecule has 0 saturated heterocycles. The van der Waals surface area contributed by atoms with Crippen molar-refractivity contribution in [2.45, 2.75) is 39.4 Å². The summed E-state index contributed by atoms with van der Waals surface area (Å²) < 4.78 is 43.1. The zero-order valence-corrected chi connectivity index (χ0v) is 15.7. The Hall–Kier alpha value is -2.89. The highest BCUT2D eigenvalue weighted by atomic mass is 19.4. The minimum atomic E-state index is -4.48. The first-order chi connectivity index (χ1) is 13.4. The Bertz CT molecular complexity index is 1160. The fourth-order valence-electron chi connectivity index (χ4n) is 3.54. The average Bonchev–Trinajstić information content (AvgIpc) is 3.00. The molecule has 6 heteroatoms. The first-order valence-corrected chi connectivity index (χ1v) is 9.33. The van der Waals surface area contributed by atoms with Crippen LogP contribution in [0.1, 0.15) is 31.0 Å². The molecule has 0 amide bonds. The van der Waals surface area contributed by atoms with Crippen molar-refractivity contribution < 1.29 is 13.2 Å². The summed E-state index contributed by atoms with van der Waals surface area (Å²) in [6, 6.07) is 14.5. The Morgan fingerprint density at radius 2 is 1.75 bits per heavy atom. The number of aromatic nitrogens is 3. The number of nitrogens with zero attached hydrogens (tertiary/aromatic N) is 3. The summed E-state index contributed by atoms with van der Waals surface area (Å²) in [6.45, 7) is 4.19. The molecule has 2 heterocycles. The smallest absolute Gasteiger partial charge is 0.247 e. The van der Waals surface area contributed by atoms with E-state index in [1.807, 2.05) is 49.4 Å². The molecule has 0 aliphatic heterocycles. The number of unbranched alkanes of at least 4 members (excludes halogenated alkanes) is 1. The Morgan fingerprint density at radius 3 is 2.46 bits per heavy atom. The quantitative estimate of drug-likeness (QED) is 0.409. The third-order valence-corrected chi connectivity index (χ3v) is 4.95. The lowest BCUT2D eigenvalue weighted by atomic mass is 10.0. The molecular formula is C22H20F3N3. The number of hydrogen-bond acceptors (Lipinski definition) is 2. The summed E-state index contributed by atoms with van der Waals surface area (Å²) in [5, 5.41) is 6.43. The van der Waals surface area contributed by atoms with Gasteiger partial charge in [-0.2, -0.15) is 18.3 Å². The van der Waals surface area contributed by atoms with Gasteiger partial charge in [-0.3, -0.25) is 0 Å². The molecule has 0 saturated carbocycles. The molecule has 144 valence electrons. The van der Waals surface area contributed by atoms with E-state index in [1.165, 1.54) is 0 Å². The molecule has 0 spiro atoms. The molecule has 0 atom stereocenters. The van der Waals surface area contributed by atoms with Gasteiger partial charge in [0.05, 0.1) is 22.3 Å². The molecule has 0 N–H and O–H groups in total. The highest BCUT2D eigenvalue weighted by Crippen LogP contribution is 2.38. The van der Waals surface area contributed by atoms with Crippen molar-refractivity contribution in [2.24, 2.45) is 0 Å². The molecule has 0 aliphatic rings. The van der Waals surface area contributed by atoms with E-state index in [9.17, 15) is 13.2 Å². The normalized spacial score (nSPS) is 12.2. The van der Waals surface area contributed by atoms with E-state index >= 15 is 0 Å². The van der Waals surface area contributed by atoms with Crippen LogP contribution in [-0.2, 0) is 12.7 Å². The van der Waals surface area contributed by atoms with Gasteiger partial charge in [-0.25, -0.2) is 9.67 Å². The lowest BCUT2D eigenvalue weighted by molar-refractivity contribution is -0.136.